The Morgan fingerprint density at radius 1 is 1.19 bits per heavy atom. The normalized spacial score (nSPS) is 10.7. The summed E-state index contributed by atoms with van der Waals surface area (Å²) in [5.74, 6) is 1.00. The van der Waals surface area contributed by atoms with Crippen LogP contribution in [0.1, 0.15) is 35.7 Å². The second-order valence-electron chi connectivity index (χ2n) is 5.56. The topological polar surface area (TPSA) is 42.1 Å². The number of aromatic nitrogens is 1. The Hall–Kier alpha value is -1.87. The van der Waals surface area contributed by atoms with Crippen molar-refractivity contribution in [2.75, 3.05) is 11.9 Å². The van der Waals surface area contributed by atoms with Crippen molar-refractivity contribution in [1.82, 2.24) is 4.98 Å². The van der Waals surface area contributed by atoms with E-state index >= 15 is 0 Å². The minimum Gasteiger partial charge on any atom is -0.355 e. The first-order valence-corrected chi connectivity index (χ1v) is 7.59. The van der Waals surface area contributed by atoms with E-state index in [0.717, 1.165) is 36.5 Å². The van der Waals surface area contributed by atoms with Crippen LogP contribution in [-0.2, 0) is 19.5 Å². The number of rotatable bonds is 6. The van der Waals surface area contributed by atoms with E-state index in [9.17, 15) is 0 Å². The maximum atomic E-state index is 5.81. The van der Waals surface area contributed by atoms with Crippen molar-refractivity contribution in [2.45, 2.75) is 39.8 Å². The van der Waals surface area contributed by atoms with Gasteiger partial charge in [0.25, 0.3) is 0 Å². The third-order valence-electron chi connectivity index (χ3n) is 3.73. The van der Waals surface area contributed by atoms with Crippen LogP contribution >= 0.6 is 0 Å². The Morgan fingerprint density at radius 2 is 1.95 bits per heavy atom. The molecule has 1 aromatic heterocycles. The second kappa shape index (κ2) is 7.23. The van der Waals surface area contributed by atoms with Crippen molar-refractivity contribution in [3.63, 3.8) is 0 Å². The average molecular weight is 283 g/mol. The summed E-state index contributed by atoms with van der Waals surface area (Å²) in [7, 11) is 2.09. The van der Waals surface area contributed by atoms with Gasteiger partial charge in [0.1, 0.15) is 5.82 Å². The fourth-order valence-corrected chi connectivity index (χ4v) is 2.45. The zero-order chi connectivity index (χ0) is 15.2. The van der Waals surface area contributed by atoms with Crippen molar-refractivity contribution in [2.24, 2.45) is 5.73 Å². The molecule has 3 nitrogen and oxygen atoms in total. The molecule has 2 N–H and O–H groups in total. The van der Waals surface area contributed by atoms with E-state index in [1.807, 2.05) is 0 Å². The SMILES string of the molecule is CCCc1cc(CN)cc(N(C)Cc2ccccc2C)n1. The van der Waals surface area contributed by atoms with Gasteiger partial charge in [-0.3, -0.25) is 0 Å². The third kappa shape index (κ3) is 4.05. The molecule has 0 aliphatic rings. The number of hydrogen-bond donors (Lipinski definition) is 1. The number of anilines is 1. The maximum absolute atomic E-state index is 5.81. The Morgan fingerprint density at radius 3 is 2.62 bits per heavy atom. The van der Waals surface area contributed by atoms with Crippen molar-refractivity contribution < 1.29 is 0 Å². The minimum atomic E-state index is 0.560. The van der Waals surface area contributed by atoms with Gasteiger partial charge < -0.3 is 10.6 Å². The first kappa shape index (κ1) is 15.5. The quantitative estimate of drug-likeness (QED) is 0.883. The summed E-state index contributed by atoms with van der Waals surface area (Å²) in [4.78, 5) is 6.96. The molecule has 0 atom stereocenters. The molecule has 112 valence electrons. The van der Waals surface area contributed by atoms with Gasteiger partial charge in [-0.25, -0.2) is 4.98 Å². The summed E-state index contributed by atoms with van der Waals surface area (Å²) < 4.78 is 0. The van der Waals surface area contributed by atoms with E-state index in [2.05, 4.69) is 62.2 Å². The van der Waals surface area contributed by atoms with Crippen molar-refractivity contribution in [3.8, 4) is 0 Å². The lowest BCUT2D eigenvalue weighted by Crippen LogP contribution is -2.19. The Bertz CT molecular complexity index is 593. The molecule has 21 heavy (non-hydrogen) atoms. The zero-order valence-electron chi connectivity index (χ0n) is 13.3. The molecule has 0 fully saturated rings. The van der Waals surface area contributed by atoms with E-state index in [1.165, 1.54) is 11.1 Å². The van der Waals surface area contributed by atoms with Crippen molar-refractivity contribution in [1.29, 1.82) is 0 Å². The van der Waals surface area contributed by atoms with Crippen LogP contribution in [0.25, 0.3) is 0 Å². The standard InChI is InChI=1S/C18H25N3/c1-4-7-17-10-15(12-19)11-18(20-17)21(3)13-16-9-6-5-8-14(16)2/h5-6,8-11H,4,7,12-13,19H2,1-3H3. The van der Waals surface area contributed by atoms with Gasteiger partial charge in [-0.05, 0) is 42.2 Å². The highest BCUT2D eigenvalue weighted by atomic mass is 15.2. The molecule has 0 radical (unpaired) electrons. The van der Waals surface area contributed by atoms with Gasteiger partial charge in [0.15, 0.2) is 0 Å². The second-order valence-corrected chi connectivity index (χ2v) is 5.56. The molecule has 3 heteroatoms. The smallest absolute Gasteiger partial charge is 0.129 e. The Kier molecular flexibility index (Phi) is 5.34. The number of aryl methyl sites for hydroxylation is 2. The molecular formula is C18H25N3. The lowest BCUT2D eigenvalue weighted by molar-refractivity contribution is 0.840. The van der Waals surface area contributed by atoms with Gasteiger partial charge in [0.2, 0.25) is 0 Å². The van der Waals surface area contributed by atoms with E-state index in [1.54, 1.807) is 0 Å². The molecule has 0 saturated heterocycles. The molecule has 0 unspecified atom stereocenters. The van der Waals surface area contributed by atoms with E-state index in [0.29, 0.717) is 6.54 Å². The predicted octanol–water partition coefficient (Wildman–Crippen LogP) is 3.44. The van der Waals surface area contributed by atoms with Crippen LogP contribution in [0.5, 0.6) is 0 Å². The van der Waals surface area contributed by atoms with Crippen molar-refractivity contribution in [3.05, 3.63) is 58.8 Å². The van der Waals surface area contributed by atoms with Gasteiger partial charge in [0, 0.05) is 25.8 Å². The van der Waals surface area contributed by atoms with Gasteiger partial charge in [-0.1, -0.05) is 37.6 Å². The molecule has 2 aromatic rings. The molecule has 1 heterocycles. The van der Waals surface area contributed by atoms with Gasteiger partial charge in [-0.2, -0.15) is 0 Å². The lowest BCUT2D eigenvalue weighted by Gasteiger charge is -2.21. The fraction of sp³-hybridized carbons (Fsp3) is 0.389. The van der Waals surface area contributed by atoms with E-state index in [4.69, 9.17) is 10.7 Å². The van der Waals surface area contributed by atoms with Crippen LogP contribution in [0.4, 0.5) is 5.82 Å². The van der Waals surface area contributed by atoms with Crippen LogP contribution in [-0.4, -0.2) is 12.0 Å². The van der Waals surface area contributed by atoms with Crippen LogP contribution < -0.4 is 10.6 Å². The summed E-state index contributed by atoms with van der Waals surface area (Å²) >= 11 is 0. The molecule has 0 saturated carbocycles. The summed E-state index contributed by atoms with van der Waals surface area (Å²) in [5, 5.41) is 0. The predicted molar refractivity (Wildman–Crippen MR) is 89.4 cm³/mol. The molecule has 0 aliphatic carbocycles. The first-order chi connectivity index (χ1) is 10.1. The van der Waals surface area contributed by atoms with Gasteiger partial charge in [-0.15, -0.1) is 0 Å². The number of pyridine rings is 1. The largest absolute Gasteiger partial charge is 0.355 e. The molecular weight excluding hydrogens is 258 g/mol. The van der Waals surface area contributed by atoms with Crippen LogP contribution in [0.2, 0.25) is 0 Å². The highest BCUT2D eigenvalue weighted by Crippen LogP contribution is 2.18. The Labute approximate surface area is 127 Å². The van der Waals surface area contributed by atoms with Crippen molar-refractivity contribution >= 4 is 5.82 Å². The van der Waals surface area contributed by atoms with Crippen LogP contribution in [0, 0.1) is 6.92 Å². The molecule has 0 amide bonds. The average Bonchev–Trinajstić information content (AvgIpc) is 2.49. The monoisotopic (exact) mass is 283 g/mol. The van der Waals surface area contributed by atoms with Crippen LogP contribution in [0.3, 0.4) is 0 Å². The molecule has 1 aromatic carbocycles. The fourth-order valence-electron chi connectivity index (χ4n) is 2.45. The van der Waals surface area contributed by atoms with E-state index < -0.39 is 0 Å². The highest BCUT2D eigenvalue weighted by molar-refractivity contribution is 5.43. The Balaban J connectivity index is 2.23. The summed E-state index contributed by atoms with van der Waals surface area (Å²) in [5.41, 5.74) is 10.7. The molecule has 0 bridgehead atoms. The number of hydrogen-bond acceptors (Lipinski definition) is 3. The zero-order valence-corrected chi connectivity index (χ0v) is 13.3. The summed E-state index contributed by atoms with van der Waals surface area (Å²) in [6.07, 6.45) is 2.10. The van der Waals surface area contributed by atoms with E-state index in [-0.39, 0.29) is 0 Å². The summed E-state index contributed by atoms with van der Waals surface area (Å²) in [6.45, 7) is 5.74. The summed E-state index contributed by atoms with van der Waals surface area (Å²) in [6, 6.07) is 12.7. The molecule has 0 aliphatic heterocycles. The lowest BCUT2D eigenvalue weighted by atomic mass is 10.1. The molecule has 2 rings (SSSR count). The minimum absolute atomic E-state index is 0.560. The first-order valence-electron chi connectivity index (χ1n) is 7.59. The maximum Gasteiger partial charge on any atom is 0.129 e. The van der Waals surface area contributed by atoms with Gasteiger partial charge in [0.05, 0.1) is 0 Å². The number of benzene rings is 1. The number of nitrogens with two attached hydrogens (primary N) is 1. The van der Waals surface area contributed by atoms with Crippen LogP contribution in [0.15, 0.2) is 36.4 Å². The number of nitrogens with zero attached hydrogens (tertiary/aromatic N) is 2. The molecule has 0 spiro atoms. The third-order valence-corrected chi connectivity index (χ3v) is 3.73. The van der Waals surface area contributed by atoms with Gasteiger partial charge >= 0.3 is 0 Å². The highest BCUT2D eigenvalue weighted by Gasteiger charge is 2.08.